The predicted octanol–water partition coefficient (Wildman–Crippen LogP) is 3.74. The average molecular weight is 359 g/mol. The third-order valence-electron chi connectivity index (χ3n) is 3.87. The number of hydrogen-bond acceptors (Lipinski definition) is 4. The lowest BCUT2D eigenvalue weighted by Crippen LogP contribution is -2.25. The molecule has 0 bridgehead atoms. The summed E-state index contributed by atoms with van der Waals surface area (Å²) in [5, 5.41) is 2.85. The zero-order valence-corrected chi connectivity index (χ0v) is 15.2. The summed E-state index contributed by atoms with van der Waals surface area (Å²) in [5.74, 6) is 0.694. The Morgan fingerprint density at radius 2 is 1.73 bits per heavy atom. The van der Waals surface area contributed by atoms with Crippen LogP contribution in [0.15, 0.2) is 42.5 Å². The SMILES string of the molecule is COc1ccc(OC)c(C(C)NC(=O)/C=C/c2ccc(OC)c(F)c2)c1. The van der Waals surface area contributed by atoms with Gasteiger partial charge in [0.05, 0.1) is 27.4 Å². The molecule has 0 saturated heterocycles. The Balaban J connectivity index is 2.08. The van der Waals surface area contributed by atoms with Crippen LogP contribution in [0, 0.1) is 5.82 Å². The van der Waals surface area contributed by atoms with Crippen LogP contribution in [0.3, 0.4) is 0 Å². The number of amides is 1. The zero-order chi connectivity index (χ0) is 19.1. The topological polar surface area (TPSA) is 56.8 Å². The van der Waals surface area contributed by atoms with Crippen molar-refractivity contribution in [2.45, 2.75) is 13.0 Å². The number of methoxy groups -OCH3 is 3. The minimum Gasteiger partial charge on any atom is -0.497 e. The summed E-state index contributed by atoms with van der Waals surface area (Å²) >= 11 is 0. The summed E-state index contributed by atoms with van der Waals surface area (Å²) in [6.45, 7) is 1.84. The first-order chi connectivity index (χ1) is 12.5. The van der Waals surface area contributed by atoms with E-state index in [1.807, 2.05) is 13.0 Å². The fourth-order valence-corrected chi connectivity index (χ4v) is 2.48. The number of rotatable bonds is 7. The molecule has 1 amide bonds. The highest BCUT2D eigenvalue weighted by atomic mass is 19.1. The lowest BCUT2D eigenvalue weighted by Gasteiger charge is -2.17. The van der Waals surface area contributed by atoms with Gasteiger partial charge in [0.25, 0.3) is 0 Å². The van der Waals surface area contributed by atoms with Crippen LogP contribution in [-0.2, 0) is 4.79 Å². The van der Waals surface area contributed by atoms with Crippen molar-refractivity contribution in [2.75, 3.05) is 21.3 Å². The van der Waals surface area contributed by atoms with E-state index >= 15 is 0 Å². The minimum atomic E-state index is -0.482. The molecule has 1 atom stereocenters. The minimum absolute atomic E-state index is 0.158. The van der Waals surface area contributed by atoms with E-state index in [0.717, 1.165) is 5.56 Å². The van der Waals surface area contributed by atoms with Crippen LogP contribution < -0.4 is 19.5 Å². The molecule has 0 spiro atoms. The van der Waals surface area contributed by atoms with Gasteiger partial charge in [0, 0.05) is 11.6 Å². The summed E-state index contributed by atoms with van der Waals surface area (Å²) in [6, 6.07) is 9.56. The number of carbonyl (C=O) groups is 1. The molecule has 5 nitrogen and oxygen atoms in total. The summed E-state index contributed by atoms with van der Waals surface area (Å²) in [4.78, 5) is 12.2. The molecule has 1 unspecified atom stereocenters. The van der Waals surface area contributed by atoms with Crippen LogP contribution in [0.5, 0.6) is 17.2 Å². The molecule has 0 heterocycles. The van der Waals surface area contributed by atoms with Gasteiger partial charge in [-0.25, -0.2) is 4.39 Å². The van der Waals surface area contributed by atoms with Gasteiger partial charge in [-0.15, -0.1) is 0 Å². The third kappa shape index (κ3) is 4.75. The van der Waals surface area contributed by atoms with Gasteiger partial charge in [-0.3, -0.25) is 4.79 Å². The highest BCUT2D eigenvalue weighted by Gasteiger charge is 2.14. The maximum Gasteiger partial charge on any atom is 0.244 e. The van der Waals surface area contributed by atoms with Crippen molar-refractivity contribution in [1.29, 1.82) is 0 Å². The molecule has 0 aromatic heterocycles. The van der Waals surface area contributed by atoms with Crippen molar-refractivity contribution in [2.24, 2.45) is 0 Å². The zero-order valence-electron chi connectivity index (χ0n) is 15.2. The van der Waals surface area contributed by atoms with Crippen molar-refractivity contribution < 1.29 is 23.4 Å². The Hall–Kier alpha value is -3.02. The number of nitrogens with one attached hydrogen (secondary N) is 1. The van der Waals surface area contributed by atoms with Crippen molar-refractivity contribution in [3.63, 3.8) is 0 Å². The number of benzene rings is 2. The molecule has 0 aliphatic carbocycles. The molecular weight excluding hydrogens is 337 g/mol. The number of carbonyl (C=O) groups excluding carboxylic acids is 1. The summed E-state index contributed by atoms with van der Waals surface area (Å²) in [7, 11) is 4.54. The van der Waals surface area contributed by atoms with Crippen LogP contribution >= 0.6 is 0 Å². The van der Waals surface area contributed by atoms with Gasteiger partial charge in [-0.1, -0.05) is 6.07 Å². The molecule has 0 fully saturated rings. The van der Waals surface area contributed by atoms with Crippen LogP contribution in [0.4, 0.5) is 4.39 Å². The quantitative estimate of drug-likeness (QED) is 0.765. The number of ether oxygens (including phenoxy) is 3. The number of hydrogen-bond donors (Lipinski definition) is 1. The fraction of sp³-hybridized carbons (Fsp3) is 0.250. The van der Waals surface area contributed by atoms with E-state index in [1.165, 1.54) is 31.4 Å². The number of halogens is 1. The van der Waals surface area contributed by atoms with Crippen LogP contribution in [0.25, 0.3) is 6.08 Å². The first-order valence-corrected chi connectivity index (χ1v) is 8.02. The predicted molar refractivity (Wildman–Crippen MR) is 98.1 cm³/mol. The molecule has 0 saturated carbocycles. The average Bonchev–Trinajstić information content (AvgIpc) is 2.65. The van der Waals surface area contributed by atoms with Gasteiger partial charge in [0.2, 0.25) is 5.91 Å². The Morgan fingerprint density at radius 3 is 2.35 bits per heavy atom. The summed E-state index contributed by atoms with van der Waals surface area (Å²) in [5.41, 5.74) is 1.36. The molecule has 0 aliphatic rings. The van der Waals surface area contributed by atoms with E-state index in [-0.39, 0.29) is 17.7 Å². The molecule has 0 radical (unpaired) electrons. The van der Waals surface area contributed by atoms with Crippen molar-refractivity contribution in [3.05, 3.63) is 59.4 Å². The highest BCUT2D eigenvalue weighted by molar-refractivity contribution is 5.92. The Morgan fingerprint density at radius 1 is 1.04 bits per heavy atom. The van der Waals surface area contributed by atoms with Crippen LogP contribution in [-0.4, -0.2) is 27.2 Å². The van der Waals surface area contributed by atoms with E-state index < -0.39 is 5.82 Å². The van der Waals surface area contributed by atoms with Crippen molar-refractivity contribution in [3.8, 4) is 17.2 Å². The van der Waals surface area contributed by atoms with E-state index in [4.69, 9.17) is 14.2 Å². The summed E-state index contributed by atoms with van der Waals surface area (Å²) in [6.07, 6.45) is 2.89. The third-order valence-corrected chi connectivity index (χ3v) is 3.87. The van der Waals surface area contributed by atoms with Gasteiger partial charge in [-0.2, -0.15) is 0 Å². The second kappa shape index (κ2) is 8.89. The first kappa shape index (κ1) is 19.3. The Labute approximate surface area is 152 Å². The van der Waals surface area contributed by atoms with E-state index in [2.05, 4.69) is 5.32 Å². The smallest absolute Gasteiger partial charge is 0.244 e. The van der Waals surface area contributed by atoms with Gasteiger partial charge in [0.1, 0.15) is 11.5 Å². The maximum absolute atomic E-state index is 13.7. The molecule has 0 aliphatic heterocycles. The molecule has 6 heteroatoms. The molecular formula is C20H22FNO4. The lowest BCUT2D eigenvalue weighted by atomic mass is 10.1. The van der Waals surface area contributed by atoms with Gasteiger partial charge in [-0.05, 0) is 48.9 Å². The van der Waals surface area contributed by atoms with Crippen molar-refractivity contribution >= 4 is 12.0 Å². The van der Waals surface area contributed by atoms with E-state index in [1.54, 1.807) is 32.4 Å². The van der Waals surface area contributed by atoms with Gasteiger partial charge >= 0.3 is 0 Å². The molecule has 138 valence electrons. The second-order valence-electron chi connectivity index (χ2n) is 5.57. The molecule has 1 N–H and O–H groups in total. The molecule has 2 aromatic carbocycles. The molecule has 2 aromatic rings. The first-order valence-electron chi connectivity index (χ1n) is 8.02. The van der Waals surface area contributed by atoms with Gasteiger partial charge in [0.15, 0.2) is 11.6 Å². The highest BCUT2D eigenvalue weighted by Crippen LogP contribution is 2.29. The Bertz CT molecular complexity index is 804. The Kier molecular flexibility index (Phi) is 6.60. The largest absolute Gasteiger partial charge is 0.497 e. The second-order valence-corrected chi connectivity index (χ2v) is 5.57. The monoisotopic (exact) mass is 359 g/mol. The maximum atomic E-state index is 13.7. The lowest BCUT2D eigenvalue weighted by molar-refractivity contribution is -0.117. The van der Waals surface area contributed by atoms with Crippen LogP contribution in [0.2, 0.25) is 0 Å². The van der Waals surface area contributed by atoms with Crippen LogP contribution in [0.1, 0.15) is 24.1 Å². The molecule has 26 heavy (non-hydrogen) atoms. The van der Waals surface area contributed by atoms with Crippen molar-refractivity contribution in [1.82, 2.24) is 5.32 Å². The van der Waals surface area contributed by atoms with Gasteiger partial charge < -0.3 is 19.5 Å². The van der Waals surface area contributed by atoms with E-state index in [9.17, 15) is 9.18 Å². The van der Waals surface area contributed by atoms with E-state index in [0.29, 0.717) is 17.1 Å². The standard InChI is InChI=1S/C20H22FNO4/c1-13(16-12-15(24-2)7-9-18(16)25-3)22-20(23)10-6-14-5-8-19(26-4)17(21)11-14/h5-13H,1-4H3,(H,22,23)/b10-6+. The summed E-state index contributed by atoms with van der Waals surface area (Å²) < 4.78 is 29.1. The fourth-order valence-electron chi connectivity index (χ4n) is 2.48. The molecule has 2 rings (SSSR count). The normalized spacial score (nSPS) is 11.9.